The predicted molar refractivity (Wildman–Crippen MR) is 48.0 cm³/mol. The molecule has 0 atom stereocenters. The largest absolute Gasteiger partial charge is 0.465 e. The average molecular weight is 236 g/mol. The SMILES string of the molecule is [N-]=[N+]=NCCCCOC(=O)CBr. The molecule has 5 nitrogen and oxygen atoms in total. The van der Waals surface area contributed by atoms with Crippen molar-refractivity contribution in [2.45, 2.75) is 12.8 Å². The van der Waals surface area contributed by atoms with E-state index < -0.39 is 0 Å². The van der Waals surface area contributed by atoms with E-state index in [0.29, 0.717) is 13.2 Å². The summed E-state index contributed by atoms with van der Waals surface area (Å²) in [5.74, 6) is -0.265. The molecule has 6 heteroatoms. The number of halogens is 1. The molecular formula is C6H10BrN3O2. The Morgan fingerprint density at radius 2 is 2.33 bits per heavy atom. The molecule has 0 aromatic heterocycles. The highest BCUT2D eigenvalue weighted by atomic mass is 79.9. The Balaban J connectivity index is 3.10. The summed E-state index contributed by atoms with van der Waals surface area (Å²) >= 11 is 2.97. The highest BCUT2D eigenvalue weighted by Crippen LogP contribution is 1.93. The van der Waals surface area contributed by atoms with Gasteiger partial charge in [0, 0.05) is 11.5 Å². The Labute approximate surface area is 78.8 Å². The molecule has 0 bridgehead atoms. The lowest BCUT2D eigenvalue weighted by molar-refractivity contribution is -0.140. The Bertz CT molecular complexity index is 180. The molecule has 0 spiro atoms. The van der Waals surface area contributed by atoms with Crippen molar-refractivity contribution in [3.63, 3.8) is 0 Å². The maximum atomic E-state index is 10.5. The zero-order chi connectivity index (χ0) is 9.23. The molecule has 0 N–H and O–H groups in total. The zero-order valence-electron chi connectivity index (χ0n) is 6.57. The van der Waals surface area contributed by atoms with Crippen LogP contribution in [-0.2, 0) is 9.53 Å². The van der Waals surface area contributed by atoms with Crippen LogP contribution in [0.15, 0.2) is 5.11 Å². The molecule has 0 aromatic carbocycles. The molecule has 0 unspecified atom stereocenters. The van der Waals surface area contributed by atoms with Crippen LogP contribution < -0.4 is 0 Å². The molecule has 0 aromatic rings. The lowest BCUT2D eigenvalue weighted by atomic mass is 10.3. The molecule has 0 radical (unpaired) electrons. The van der Waals surface area contributed by atoms with Crippen LogP contribution in [0, 0.1) is 0 Å². The summed E-state index contributed by atoms with van der Waals surface area (Å²) in [7, 11) is 0. The molecule has 0 aliphatic rings. The quantitative estimate of drug-likeness (QED) is 0.176. The molecule has 0 fully saturated rings. The third kappa shape index (κ3) is 7.37. The van der Waals surface area contributed by atoms with Crippen molar-refractivity contribution in [1.29, 1.82) is 0 Å². The fraction of sp³-hybridized carbons (Fsp3) is 0.833. The first-order valence-corrected chi connectivity index (χ1v) is 4.66. The van der Waals surface area contributed by atoms with E-state index in [1.807, 2.05) is 0 Å². The van der Waals surface area contributed by atoms with Crippen molar-refractivity contribution in [1.82, 2.24) is 0 Å². The summed E-state index contributed by atoms with van der Waals surface area (Å²) in [6.45, 7) is 0.855. The monoisotopic (exact) mass is 235 g/mol. The second-order valence-corrected chi connectivity index (χ2v) is 2.58. The van der Waals surface area contributed by atoms with Crippen LogP contribution in [0.4, 0.5) is 0 Å². The summed E-state index contributed by atoms with van der Waals surface area (Å²) in [6.07, 6.45) is 1.48. The summed E-state index contributed by atoms with van der Waals surface area (Å²) in [6, 6.07) is 0. The van der Waals surface area contributed by atoms with E-state index >= 15 is 0 Å². The van der Waals surface area contributed by atoms with Crippen LogP contribution in [0.2, 0.25) is 0 Å². The number of azide groups is 1. The minimum atomic E-state index is -0.265. The number of nitrogens with zero attached hydrogens (tertiary/aromatic N) is 3. The third-order valence-corrected chi connectivity index (χ3v) is 1.55. The van der Waals surface area contributed by atoms with Gasteiger partial charge in [0.25, 0.3) is 0 Å². The lowest BCUT2D eigenvalue weighted by Gasteiger charge is -1.99. The van der Waals surface area contributed by atoms with E-state index in [0.717, 1.165) is 12.8 Å². The molecule has 0 rings (SSSR count). The Kier molecular flexibility index (Phi) is 7.84. The molecular weight excluding hydrogens is 226 g/mol. The van der Waals surface area contributed by atoms with Crippen molar-refractivity contribution in [2.75, 3.05) is 18.5 Å². The standard InChI is InChI=1S/C6H10BrN3O2/c7-5-6(11)12-4-2-1-3-9-10-8/h1-5H2. The van der Waals surface area contributed by atoms with Crippen LogP contribution in [0.5, 0.6) is 0 Å². The number of ether oxygens (including phenoxy) is 1. The molecule has 68 valence electrons. The number of unbranched alkanes of at least 4 members (excludes halogenated alkanes) is 1. The van der Waals surface area contributed by atoms with E-state index in [4.69, 9.17) is 10.3 Å². The first kappa shape index (κ1) is 11.3. The van der Waals surface area contributed by atoms with Gasteiger partial charge in [-0.05, 0) is 18.4 Å². The molecule has 12 heavy (non-hydrogen) atoms. The minimum Gasteiger partial charge on any atom is -0.465 e. The highest BCUT2D eigenvalue weighted by molar-refractivity contribution is 9.09. The van der Waals surface area contributed by atoms with Crippen LogP contribution in [0.25, 0.3) is 10.4 Å². The van der Waals surface area contributed by atoms with Crippen molar-refractivity contribution in [2.24, 2.45) is 5.11 Å². The van der Waals surface area contributed by atoms with E-state index in [1.54, 1.807) is 0 Å². The van der Waals surface area contributed by atoms with Gasteiger partial charge in [0.2, 0.25) is 0 Å². The van der Waals surface area contributed by atoms with Crippen molar-refractivity contribution < 1.29 is 9.53 Å². The van der Waals surface area contributed by atoms with Gasteiger partial charge in [0.15, 0.2) is 0 Å². The maximum absolute atomic E-state index is 10.5. The van der Waals surface area contributed by atoms with E-state index in [2.05, 4.69) is 26.0 Å². The normalized spacial score (nSPS) is 8.75. The number of esters is 1. The van der Waals surface area contributed by atoms with E-state index in [9.17, 15) is 4.79 Å². The second-order valence-electron chi connectivity index (χ2n) is 2.02. The lowest BCUT2D eigenvalue weighted by Crippen LogP contribution is -2.06. The highest BCUT2D eigenvalue weighted by Gasteiger charge is 1.97. The first-order valence-electron chi connectivity index (χ1n) is 3.53. The van der Waals surface area contributed by atoms with Gasteiger partial charge in [-0.3, -0.25) is 4.79 Å². The summed E-state index contributed by atoms with van der Waals surface area (Å²) in [5, 5.41) is 3.56. The zero-order valence-corrected chi connectivity index (χ0v) is 8.16. The summed E-state index contributed by atoms with van der Waals surface area (Å²) < 4.78 is 4.75. The smallest absolute Gasteiger partial charge is 0.316 e. The number of hydrogen-bond acceptors (Lipinski definition) is 3. The fourth-order valence-electron chi connectivity index (χ4n) is 0.554. The van der Waals surface area contributed by atoms with Crippen LogP contribution >= 0.6 is 15.9 Å². The Hall–Kier alpha value is -0.740. The van der Waals surface area contributed by atoms with Gasteiger partial charge in [-0.1, -0.05) is 21.0 Å². The van der Waals surface area contributed by atoms with Gasteiger partial charge < -0.3 is 4.74 Å². The average Bonchev–Trinajstić information content (AvgIpc) is 2.10. The van der Waals surface area contributed by atoms with Gasteiger partial charge >= 0.3 is 5.97 Å². The molecule has 0 heterocycles. The molecule has 0 aliphatic carbocycles. The van der Waals surface area contributed by atoms with E-state index in [-0.39, 0.29) is 11.3 Å². The molecule has 0 amide bonds. The number of hydrogen-bond donors (Lipinski definition) is 0. The van der Waals surface area contributed by atoms with Crippen molar-refractivity contribution in [3.8, 4) is 0 Å². The Morgan fingerprint density at radius 1 is 1.58 bits per heavy atom. The van der Waals surface area contributed by atoms with Gasteiger partial charge in [0.05, 0.1) is 6.61 Å². The van der Waals surface area contributed by atoms with Gasteiger partial charge in [0.1, 0.15) is 5.33 Å². The molecule has 0 saturated heterocycles. The predicted octanol–water partition coefficient (Wildman–Crippen LogP) is 2.02. The van der Waals surface area contributed by atoms with Crippen LogP contribution in [-0.4, -0.2) is 24.5 Å². The number of carbonyl (C=O) groups is 1. The van der Waals surface area contributed by atoms with Crippen LogP contribution in [0.3, 0.4) is 0 Å². The number of rotatable bonds is 6. The van der Waals surface area contributed by atoms with Gasteiger partial charge in [-0.2, -0.15) is 0 Å². The summed E-state index contributed by atoms with van der Waals surface area (Å²) in [5.41, 5.74) is 7.92. The van der Waals surface area contributed by atoms with Crippen LogP contribution in [0.1, 0.15) is 12.8 Å². The third-order valence-electron chi connectivity index (χ3n) is 1.09. The maximum Gasteiger partial charge on any atom is 0.316 e. The van der Waals surface area contributed by atoms with Crippen molar-refractivity contribution in [3.05, 3.63) is 10.4 Å². The van der Waals surface area contributed by atoms with Gasteiger partial charge in [-0.15, -0.1) is 0 Å². The first-order chi connectivity index (χ1) is 5.81. The van der Waals surface area contributed by atoms with E-state index in [1.165, 1.54) is 0 Å². The molecule has 0 aliphatic heterocycles. The fourth-order valence-corrected chi connectivity index (χ4v) is 0.716. The second kappa shape index (κ2) is 8.36. The Morgan fingerprint density at radius 3 is 2.92 bits per heavy atom. The number of carbonyl (C=O) groups excluding carboxylic acids is 1. The topological polar surface area (TPSA) is 75.1 Å². The number of alkyl halides is 1. The van der Waals surface area contributed by atoms with Crippen molar-refractivity contribution >= 4 is 21.9 Å². The molecule has 0 saturated carbocycles. The summed E-state index contributed by atoms with van der Waals surface area (Å²) in [4.78, 5) is 13.1. The van der Waals surface area contributed by atoms with Gasteiger partial charge in [-0.25, -0.2) is 0 Å². The minimum absolute atomic E-state index is 0.226.